The Kier molecular flexibility index (Phi) is 3.09. The van der Waals surface area contributed by atoms with Crippen molar-refractivity contribution in [2.24, 2.45) is 5.73 Å². The molecule has 0 amide bonds. The Morgan fingerprint density at radius 1 is 1.53 bits per heavy atom. The van der Waals surface area contributed by atoms with Gasteiger partial charge in [0.05, 0.1) is 19.0 Å². The van der Waals surface area contributed by atoms with Crippen LogP contribution in [0.4, 0.5) is 0 Å². The summed E-state index contributed by atoms with van der Waals surface area (Å²) >= 11 is 0. The number of imidazole rings is 1. The van der Waals surface area contributed by atoms with Gasteiger partial charge in [-0.05, 0) is 17.7 Å². The number of aromatic nitrogens is 2. The van der Waals surface area contributed by atoms with Gasteiger partial charge in [-0.15, -0.1) is 0 Å². The molecule has 3 N–H and O–H groups in total. The monoisotopic (exact) mass is 230 g/mol. The summed E-state index contributed by atoms with van der Waals surface area (Å²) in [5.74, 6) is 0.626. The Labute approximate surface area is 99.4 Å². The second-order valence-electron chi connectivity index (χ2n) is 3.68. The van der Waals surface area contributed by atoms with Crippen molar-refractivity contribution in [1.29, 1.82) is 5.41 Å². The van der Waals surface area contributed by atoms with Gasteiger partial charge in [-0.1, -0.05) is 6.07 Å². The van der Waals surface area contributed by atoms with Gasteiger partial charge in [0.25, 0.3) is 0 Å². The van der Waals surface area contributed by atoms with Crippen LogP contribution < -0.4 is 10.5 Å². The summed E-state index contributed by atoms with van der Waals surface area (Å²) in [6, 6.07) is 5.63. The highest BCUT2D eigenvalue weighted by Crippen LogP contribution is 2.19. The normalized spacial score (nSPS) is 10.2. The molecule has 0 spiro atoms. The number of ether oxygens (including phenoxy) is 1. The van der Waals surface area contributed by atoms with Crippen LogP contribution in [0.3, 0.4) is 0 Å². The molecule has 1 aromatic heterocycles. The Morgan fingerprint density at radius 2 is 2.35 bits per heavy atom. The van der Waals surface area contributed by atoms with E-state index in [1.807, 2.05) is 29.0 Å². The number of methoxy groups -OCH3 is 1. The van der Waals surface area contributed by atoms with E-state index >= 15 is 0 Å². The molecule has 2 rings (SSSR count). The Bertz CT molecular complexity index is 519. The molecule has 0 aliphatic rings. The molecule has 88 valence electrons. The summed E-state index contributed by atoms with van der Waals surface area (Å²) < 4.78 is 7.11. The van der Waals surface area contributed by atoms with Gasteiger partial charge in [0.15, 0.2) is 0 Å². The lowest BCUT2D eigenvalue weighted by Gasteiger charge is -2.09. The summed E-state index contributed by atoms with van der Waals surface area (Å²) in [7, 11) is 1.57. The predicted octanol–water partition coefficient (Wildman–Crippen LogP) is 1.22. The lowest BCUT2D eigenvalue weighted by molar-refractivity contribution is 0.413. The van der Waals surface area contributed by atoms with E-state index in [-0.39, 0.29) is 5.84 Å². The molecule has 0 saturated carbocycles. The van der Waals surface area contributed by atoms with Crippen LogP contribution in [0.2, 0.25) is 0 Å². The van der Waals surface area contributed by atoms with Crippen LogP contribution >= 0.6 is 0 Å². The van der Waals surface area contributed by atoms with Crippen LogP contribution in [0, 0.1) is 5.41 Å². The standard InChI is InChI=1S/C12H14N4O/c1-17-11-3-2-9(6-10(11)12(13)14)7-16-5-4-15-8-16/h2-6,8H,7H2,1H3,(H3,13,14). The maximum Gasteiger partial charge on any atom is 0.129 e. The van der Waals surface area contributed by atoms with E-state index in [1.54, 1.807) is 19.6 Å². The molecular weight excluding hydrogens is 216 g/mol. The molecule has 0 unspecified atom stereocenters. The second kappa shape index (κ2) is 4.69. The van der Waals surface area contributed by atoms with Crippen LogP contribution in [-0.2, 0) is 6.54 Å². The van der Waals surface area contributed by atoms with Crippen LogP contribution in [0.15, 0.2) is 36.9 Å². The molecule has 1 heterocycles. The van der Waals surface area contributed by atoms with Crippen LogP contribution in [-0.4, -0.2) is 22.5 Å². The van der Waals surface area contributed by atoms with Gasteiger partial charge in [-0.3, -0.25) is 5.41 Å². The summed E-state index contributed by atoms with van der Waals surface area (Å²) in [5, 5.41) is 7.50. The summed E-state index contributed by atoms with van der Waals surface area (Å²) in [6.45, 7) is 0.699. The first kappa shape index (κ1) is 11.2. The Balaban J connectivity index is 2.30. The van der Waals surface area contributed by atoms with Crippen molar-refractivity contribution in [3.63, 3.8) is 0 Å². The van der Waals surface area contributed by atoms with E-state index in [0.717, 1.165) is 5.56 Å². The fourth-order valence-corrected chi connectivity index (χ4v) is 1.66. The summed E-state index contributed by atoms with van der Waals surface area (Å²) in [6.07, 6.45) is 5.37. The summed E-state index contributed by atoms with van der Waals surface area (Å²) in [4.78, 5) is 3.98. The first-order valence-corrected chi connectivity index (χ1v) is 5.17. The fraction of sp³-hybridized carbons (Fsp3) is 0.167. The maximum absolute atomic E-state index is 7.50. The van der Waals surface area contributed by atoms with E-state index in [1.165, 1.54) is 0 Å². The van der Waals surface area contributed by atoms with Gasteiger partial charge in [0.2, 0.25) is 0 Å². The molecule has 0 radical (unpaired) electrons. The SMILES string of the molecule is COc1ccc(Cn2ccnc2)cc1C(=N)N. The van der Waals surface area contributed by atoms with Gasteiger partial charge in [0.1, 0.15) is 11.6 Å². The van der Waals surface area contributed by atoms with Crippen LogP contribution in [0.25, 0.3) is 0 Å². The first-order valence-electron chi connectivity index (χ1n) is 5.17. The topological polar surface area (TPSA) is 76.9 Å². The molecule has 0 fully saturated rings. The zero-order chi connectivity index (χ0) is 12.3. The van der Waals surface area contributed by atoms with E-state index < -0.39 is 0 Å². The van der Waals surface area contributed by atoms with Crippen molar-refractivity contribution in [3.8, 4) is 5.75 Å². The van der Waals surface area contributed by atoms with Crippen molar-refractivity contribution in [1.82, 2.24) is 9.55 Å². The number of nitrogens with one attached hydrogen (secondary N) is 1. The molecule has 0 aliphatic heterocycles. The minimum Gasteiger partial charge on any atom is -0.496 e. The minimum absolute atomic E-state index is 0.00864. The second-order valence-corrected chi connectivity index (χ2v) is 3.68. The number of benzene rings is 1. The molecule has 0 aliphatic carbocycles. The number of nitrogens with two attached hydrogens (primary N) is 1. The van der Waals surface area contributed by atoms with E-state index in [4.69, 9.17) is 15.9 Å². The van der Waals surface area contributed by atoms with Gasteiger partial charge in [0, 0.05) is 18.9 Å². The van der Waals surface area contributed by atoms with Crippen molar-refractivity contribution in [3.05, 3.63) is 48.0 Å². The molecule has 1 aromatic carbocycles. The van der Waals surface area contributed by atoms with E-state index in [9.17, 15) is 0 Å². The third-order valence-electron chi connectivity index (χ3n) is 2.48. The van der Waals surface area contributed by atoms with E-state index in [0.29, 0.717) is 17.9 Å². The number of hydrogen-bond donors (Lipinski definition) is 2. The molecule has 2 aromatic rings. The molecule has 0 bridgehead atoms. The number of hydrogen-bond acceptors (Lipinski definition) is 3. The van der Waals surface area contributed by atoms with Gasteiger partial charge < -0.3 is 15.0 Å². The molecule has 5 heteroatoms. The molecule has 0 atom stereocenters. The first-order chi connectivity index (χ1) is 8.20. The van der Waals surface area contributed by atoms with Gasteiger partial charge >= 0.3 is 0 Å². The molecule has 5 nitrogen and oxygen atoms in total. The Hall–Kier alpha value is -2.30. The van der Waals surface area contributed by atoms with Crippen molar-refractivity contribution in [2.45, 2.75) is 6.54 Å². The van der Waals surface area contributed by atoms with Crippen molar-refractivity contribution in [2.75, 3.05) is 7.11 Å². The maximum atomic E-state index is 7.50. The quantitative estimate of drug-likeness (QED) is 0.612. The van der Waals surface area contributed by atoms with Gasteiger partial charge in [-0.25, -0.2) is 4.98 Å². The fourth-order valence-electron chi connectivity index (χ4n) is 1.66. The van der Waals surface area contributed by atoms with Crippen molar-refractivity contribution >= 4 is 5.84 Å². The van der Waals surface area contributed by atoms with Gasteiger partial charge in [-0.2, -0.15) is 0 Å². The van der Waals surface area contributed by atoms with Crippen molar-refractivity contribution < 1.29 is 4.74 Å². The highest BCUT2D eigenvalue weighted by atomic mass is 16.5. The number of nitrogens with zero attached hydrogens (tertiary/aromatic N) is 2. The van der Waals surface area contributed by atoms with E-state index in [2.05, 4.69) is 4.98 Å². The zero-order valence-corrected chi connectivity index (χ0v) is 9.55. The average molecular weight is 230 g/mol. The molecule has 0 saturated heterocycles. The highest BCUT2D eigenvalue weighted by molar-refractivity contribution is 5.97. The zero-order valence-electron chi connectivity index (χ0n) is 9.55. The number of rotatable bonds is 4. The average Bonchev–Trinajstić information content (AvgIpc) is 2.81. The summed E-state index contributed by atoms with van der Waals surface area (Å²) in [5.41, 5.74) is 7.18. The van der Waals surface area contributed by atoms with Crippen LogP contribution in [0.1, 0.15) is 11.1 Å². The number of amidine groups is 1. The number of nitrogen functional groups attached to an aromatic ring is 1. The largest absolute Gasteiger partial charge is 0.496 e. The highest BCUT2D eigenvalue weighted by Gasteiger charge is 2.07. The molecular formula is C12H14N4O. The minimum atomic E-state index is 0.00864. The lowest BCUT2D eigenvalue weighted by Crippen LogP contribution is -2.13. The predicted molar refractivity (Wildman–Crippen MR) is 65.3 cm³/mol. The molecule has 17 heavy (non-hydrogen) atoms. The third-order valence-corrected chi connectivity index (χ3v) is 2.48. The third kappa shape index (κ3) is 2.44. The lowest BCUT2D eigenvalue weighted by atomic mass is 10.1. The smallest absolute Gasteiger partial charge is 0.129 e. The Morgan fingerprint density at radius 3 is 2.94 bits per heavy atom. The van der Waals surface area contributed by atoms with Crippen LogP contribution in [0.5, 0.6) is 5.75 Å².